The van der Waals surface area contributed by atoms with Gasteiger partial charge in [-0.05, 0) is 37.4 Å². The number of rotatable bonds is 8. The van der Waals surface area contributed by atoms with Crippen molar-refractivity contribution in [3.63, 3.8) is 0 Å². The molecule has 8 nitrogen and oxygen atoms in total. The number of pyridine rings is 1. The van der Waals surface area contributed by atoms with Crippen LogP contribution in [0.1, 0.15) is 30.2 Å². The lowest BCUT2D eigenvalue weighted by atomic mass is 10.1. The summed E-state index contributed by atoms with van der Waals surface area (Å²) in [6, 6.07) is 20.0. The topological polar surface area (TPSA) is 97.1 Å². The van der Waals surface area contributed by atoms with E-state index in [1.165, 1.54) is 23.4 Å². The molecule has 168 valence electrons. The van der Waals surface area contributed by atoms with Crippen molar-refractivity contribution < 1.29 is 4.79 Å². The quantitative estimate of drug-likeness (QED) is 0.234. The van der Waals surface area contributed by atoms with Crippen LogP contribution in [-0.4, -0.2) is 37.6 Å². The predicted octanol–water partition coefficient (Wildman–Crippen LogP) is 4.09. The fourth-order valence-corrected chi connectivity index (χ4v) is 4.16. The van der Waals surface area contributed by atoms with Crippen LogP contribution in [0.3, 0.4) is 0 Å². The Kier molecular flexibility index (Phi) is 6.99. The molecule has 0 fully saturated rings. The van der Waals surface area contributed by atoms with Crippen molar-refractivity contribution in [2.75, 3.05) is 11.1 Å². The first-order valence-corrected chi connectivity index (χ1v) is 11.5. The van der Waals surface area contributed by atoms with Crippen LogP contribution >= 0.6 is 11.8 Å². The number of aromatic nitrogens is 4. The number of nitrogens with zero attached hydrogens (tertiary/aromatic N) is 5. The van der Waals surface area contributed by atoms with E-state index in [-0.39, 0.29) is 17.7 Å². The monoisotopic (exact) mass is 459 g/mol. The zero-order valence-electron chi connectivity index (χ0n) is 18.7. The number of carbonyl (C=O) groups is 1. The average Bonchev–Trinajstić information content (AvgIpc) is 3.18. The third kappa shape index (κ3) is 5.56. The SMILES string of the molecule is Cc1cccc(C=NNC(=O)CSc2nnc(C(C)Nc3cccc4ccccc34)n2C)n1. The molecule has 0 bridgehead atoms. The summed E-state index contributed by atoms with van der Waals surface area (Å²) in [4.78, 5) is 16.5. The number of aryl methyl sites for hydroxylation is 1. The summed E-state index contributed by atoms with van der Waals surface area (Å²) < 4.78 is 1.90. The number of fused-ring (bicyclic) bond motifs is 1. The second-order valence-electron chi connectivity index (χ2n) is 7.58. The first kappa shape index (κ1) is 22.5. The van der Waals surface area contributed by atoms with Crippen molar-refractivity contribution in [1.82, 2.24) is 25.2 Å². The van der Waals surface area contributed by atoms with Gasteiger partial charge < -0.3 is 9.88 Å². The summed E-state index contributed by atoms with van der Waals surface area (Å²) in [5.41, 5.74) is 5.14. The highest BCUT2D eigenvalue weighted by Crippen LogP contribution is 2.27. The van der Waals surface area contributed by atoms with E-state index < -0.39 is 0 Å². The minimum absolute atomic E-state index is 0.0667. The highest BCUT2D eigenvalue weighted by molar-refractivity contribution is 7.99. The van der Waals surface area contributed by atoms with Crippen molar-refractivity contribution in [2.45, 2.75) is 25.0 Å². The van der Waals surface area contributed by atoms with Crippen molar-refractivity contribution in [1.29, 1.82) is 0 Å². The fraction of sp³-hybridized carbons (Fsp3) is 0.208. The van der Waals surface area contributed by atoms with E-state index in [1.54, 1.807) is 0 Å². The Morgan fingerprint density at radius 2 is 1.91 bits per heavy atom. The van der Waals surface area contributed by atoms with Crippen molar-refractivity contribution in [3.05, 3.63) is 77.9 Å². The van der Waals surface area contributed by atoms with Gasteiger partial charge in [-0.2, -0.15) is 5.10 Å². The average molecular weight is 460 g/mol. The molecule has 0 saturated carbocycles. The number of benzene rings is 2. The Morgan fingerprint density at radius 1 is 1.12 bits per heavy atom. The molecule has 0 aliphatic carbocycles. The molecule has 0 saturated heterocycles. The summed E-state index contributed by atoms with van der Waals surface area (Å²) in [5.74, 6) is 0.736. The third-order valence-corrected chi connectivity index (χ3v) is 6.07. The highest BCUT2D eigenvalue weighted by atomic mass is 32.2. The second kappa shape index (κ2) is 10.3. The number of hydrogen-bond acceptors (Lipinski definition) is 7. The molecule has 1 atom stereocenters. The van der Waals surface area contributed by atoms with Crippen LogP contribution in [-0.2, 0) is 11.8 Å². The van der Waals surface area contributed by atoms with E-state index in [0.29, 0.717) is 10.9 Å². The van der Waals surface area contributed by atoms with Crippen LogP contribution in [0.4, 0.5) is 5.69 Å². The van der Waals surface area contributed by atoms with Crippen LogP contribution in [0.15, 0.2) is 70.9 Å². The summed E-state index contributed by atoms with van der Waals surface area (Å²) in [7, 11) is 1.90. The number of amides is 1. The molecule has 4 aromatic rings. The predicted molar refractivity (Wildman–Crippen MR) is 132 cm³/mol. The number of carbonyl (C=O) groups excluding carboxylic acids is 1. The van der Waals surface area contributed by atoms with Gasteiger partial charge in [0.25, 0.3) is 5.91 Å². The van der Waals surface area contributed by atoms with E-state index in [1.807, 2.05) is 61.9 Å². The van der Waals surface area contributed by atoms with Crippen molar-refractivity contribution >= 4 is 40.3 Å². The zero-order valence-corrected chi connectivity index (χ0v) is 19.5. The molecule has 2 N–H and O–H groups in total. The highest BCUT2D eigenvalue weighted by Gasteiger charge is 2.17. The molecular weight excluding hydrogens is 434 g/mol. The Balaban J connectivity index is 1.35. The van der Waals surface area contributed by atoms with Gasteiger partial charge in [-0.25, -0.2) is 5.43 Å². The van der Waals surface area contributed by atoms with Gasteiger partial charge in [-0.3, -0.25) is 9.78 Å². The maximum atomic E-state index is 12.2. The van der Waals surface area contributed by atoms with E-state index >= 15 is 0 Å². The second-order valence-corrected chi connectivity index (χ2v) is 8.52. The van der Waals surface area contributed by atoms with Crippen LogP contribution in [0.2, 0.25) is 0 Å². The smallest absolute Gasteiger partial charge is 0.250 e. The summed E-state index contributed by atoms with van der Waals surface area (Å²) >= 11 is 1.31. The number of hydrogen-bond donors (Lipinski definition) is 2. The van der Waals surface area contributed by atoms with Crippen LogP contribution < -0.4 is 10.7 Å². The van der Waals surface area contributed by atoms with Crippen LogP contribution in [0.25, 0.3) is 10.8 Å². The molecule has 0 radical (unpaired) electrons. The molecule has 9 heteroatoms. The third-order valence-electron chi connectivity index (χ3n) is 5.05. The molecule has 1 unspecified atom stereocenters. The van der Waals surface area contributed by atoms with Gasteiger partial charge in [-0.15, -0.1) is 10.2 Å². The normalized spacial score (nSPS) is 12.2. The first-order valence-electron chi connectivity index (χ1n) is 10.5. The van der Waals surface area contributed by atoms with Crippen molar-refractivity contribution in [2.24, 2.45) is 12.1 Å². The summed E-state index contributed by atoms with van der Waals surface area (Å²) in [6.07, 6.45) is 1.52. The van der Waals surface area contributed by atoms with Gasteiger partial charge in [0, 0.05) is 23.8 Å². The fourth-order valence-electron chi connectivity index (χ4n) is 3.45. The molecular formula is C24H25N7OS. The van der Waals surface area contributed by atoms with E-state index in [2.05, 4.69) is 55.3 Å². The maximum Gasteiger partial charge on any atom is 0.250 e. The van der Waals surface area contributed by atoms with Crippen molar-refractivity contribution in [3.8, 4) is 0 Å². The number of anilines is 1. The van der Waals surface area contributed by atoms with Gasteiger partial charge in [0.15, 0.2) is 11.0 Å². The van der Waals surface area contributed by atoms with Gasteiger partial charge in [0.1, 0.15) is 0 Å². The molecule has 0 aliphatic rings. The minimum Gasteiger partial charge on any atom is -0.375 e. The lowest BCUT2D eigenvalue weighted by Gasteiger charge is -2.16. The number of thioether (sulfide) groups is 1. The molecule has 2 aromatic carbocycles. The van der Waals surface area contributed by atoms with Gasteiger partial charge in [-0.1, -0.05) is 54.2 Å². The lowest BCUT2D eigenvalue weighted by molar-refractivity contribution is -0.118. The van der Waals surface area contributed by atoms with Gasteiger partial charge >= 0.3 is 0 Å². The standard InChI is InChI=1S/C24H25N7OS/c1-16-8-6-11-19(26-16)14-25-28-22(32)15-33-24-30-29-23(31(24)3)17(2)27-21-13-7-10-18-9-4-5-12-20(18)21/h4-14,17,27H,15H2,1-3H3,(H,28,32). The molecule has 4 rings (SSSR count). The summed E-state index contributed by atoms with van der Waals surface area (Å²) in [5, 5.41) is 19.1. The molecule has 2 aromatic heterocycles. The molecule has 0 spiro atoms. The Hall–Kier alpha value is -3.72. The Morgan fingerprint density at radius 3 is 2.76 bits per heavy atom. The van der Waals surface area contributed by atoms with Crippen LogP contribution in [0.5, 0.6) is 0 Å². The first-order chi connectivity index (χ1) is 16.0. The Bertz CT molecular complexity index is 1300. The van der Waals surface area contributed by atoms with E-state index in [0.717, 1.165) is 22.6 Å². The minimum atomic E-state index is -0.226. The molecule has 1 amide bonds. The molecule has 33 heavy (non-hydrogen) atoms. The van der Waals surface area contributed by atoms with E-state index in [9.17, 15) is 4.79 Å². The van der Waals surface area contributed by atoms with Gasteiger partial charge in [0.05, 0.1) is 23.7 Å². The van der Waals surface area contributed by atoms with Gasteiger partial charge in [0.2, 0.25) is 0 Å². The molecule has 2 heterocycles. The molecule has 0 aliphatic heterocycles. The Labute approximate surface area is 196 Å². The van der Waals surface area contributed by atoms with E-state index in [4.69, 9.17) is 0 Å². The zero-order chi connectivity index (χ0) is 23.2. The van der Waals surface area contributed by atoms with Crippen LogP contribution in [0, 0.1) is 6.92 Å². The number of nitrogens with one attached hydrogen (secondary N) is 2. The number of hydrazone groups is 1. The maximum absolute atomic E-state index is 12.2. The summed E-state index contributed by atoms with van der Waals surface area (Å²) in [6.45, 7) is 3.95. The lowest BCUT2D eigenvalue weighted by Crippen LogP contribution is -2.20. The largest absolute Gasteiger partial charge is 0.375 e.